The van der Waals surface area contributed by atoms with Crippen LogP contribution in [0.25, 0.3) is 0 Å². The van der Waals surface area contributed by atoms with Gasteiger partial charge in [0.15, 0.2) is 0 Å². The van der Waals surface area contributed by atoms with E-state index in [9.17, 15) is 0 Å². The van der Waals surface area contributed by atoms with Gasteiger partial charge in [-0.1, -0.05) is 45.0 Å². The van der Waals surface area contributed by atoms with Crippen molar-refractivity contribution in [3.63, 3.8) is 0 Å². The molecule has 1 unspecified atom stereocenters. The molecule has 0 fully saturated rings. The Bertz CT molecular complexity index is 354. The van der Waals surface area contributed by atoms with E-state index in [1.165, 1.54) is 17.5 Å². The van der Waals surface area contributed by atoms with Gasteiger partial charge in [0.2, 0.25) is 0 Å². The number of benzene rings is 1. The fraction of sp³-hybridized carbons (Fsp3) is 0.647. The second-order valence-corrected chi connectivity index (χ2v) is 6.02. The maximum atomic E-state index is 6.35. The molecule has 0 bridgehead atoms. The van der Waals surface area contributed by atoms with Gasteiger partial charge in [-0.15, -0.1) is 0 Å². The molecule has 1 atom stereocenters. The first kappa shape index (κ1) is 16.2. The number of hydrogen-bond donors (Lipinski definition) is 1. The molecule has 1 rings (SSSR count). The van der Waals surface area contributed by atoms with Crippen LogP contribution in [0.3, 0.4) is 0 Å². The lowest BCUT2D eigenvalue weighted by Crippen LogP contribution is -2.37. The van der Waals surface area contributed by atoms with Crippen LogP contribution in [0.15, 0.2) is 24.3 Å². The molecule has 0 radical (unpaired) electrons. The number of nitrogens with zero attached hydrogens (tertiary/aromatic N) is 1. The summed E-state index contributed by atoms with van der Waals surface area (Å²) in [7, 11) is 0. The zero-order valence-corrected chi connectivity index (χ0v) is 13.2. The molecule has 2 heteroatoms. The topological polar surface area (TPSA) is 29.3 Å². The van der Waals surface area contributed by atoms with Gasteiger partial charge in [-0.3, -0.25) is 4.90 Å². The molecule has 0 spiro atoms. The van der Waals surface area contributed by atoms with E-state index in [-0.39, 0.29) is 6.04 Å². The van der Waals surface area contributed by atoms with Gasteiger partial charge in [-0.25, -0.2) is 0 Å². The van der Waals surface area contributed by atoms with Crippen LogP contribution in [0.4, 0.5) is 0 Å². The summed E-state index contributed by atoms with van der Waals surface area (Å²) in [5.41, 5.74) is 8.97. The molecule has 108 valence electrons. The highest BCUT2D eigenvalue weighted by molar-refractivity contribution is 5.26. The molecule has 2 nitrogen and oxygen atoms in total. The van der Waals surface area contributed by atoms with Crippen molar-refractivity contribution in [2.45, 2.75) is 59.0 Å². The molecular weight excluding hydrogens is 232 g/mol. The van der Waals surface area contributed by atoms with Gasteiger partial charge in [0.25, 0.3) is 0 Å². The van der Waals surface area contributed by atoms with Crippen molar-refractivity contribution in [2.24, 2.45) is 5.73 Å². The second-order valence-electron chi connectivity index (χ2n) is 6.02. The lowest BCUT2D eigenvalue weighted by molar-refractivity contribution is 0.209. The summed E-state index contributed by atoms with van der Waals surface area (Å²) >= 11 is 0. The lowest BCUT2D eigenvalue weighted by Gasteiger charge is -2.29. The molecule has 0 saturated carbocycles. The standard InChI is InChI=1S/C17H30N2/c1-6-11-19(14(4)5)12-17(18)16-9-7-15(8-10-16)13(2)3/h7-10,13-14,17H,6,11-12,18H2,1-5H3. The first-order valence-electron chi connectivity index (χ1n) is 7.55. The average Bonchev–Trinajstić information content (AvgIpc) is 2.38. The Hall–Kier alpha value is -0.860. The molecule has 0 amide bonds. The van der Waals surface area contributed by atoms with Crippen LogP contribution in [0.5, 0.6) is 0 Å². The van der Waals surface area contributed by atoms with Crippen LogP contribution in [0.1, 0.15) is 64.1 Å². The molecule has 1 aromatic carbocycles. The lowest BCUT2D eigenvalue weighted by atomic mass is 9.99. The molecule has 0 aliphatic heterocycles. The smallest absolute Gasteiger partial charge is 0.0424 e. The molecule has 1 aromatic rings. The Morgan fingerprint density at radius 2 is 1.53 bits per heavy atom. The van der Waals surface area contributed by atoms with Gasteiger partial charge in [0.05, 0.1) is 0 Å². The molecule has 0 aromatic heterocycles. The summed E-state index contributed by atoms with van der Waals surface area (Å²) in [6, 6.07) is 9.45. The number of nitrogens with two attached hydrogens (primary N) is 1. The van der Waals surface area contributed by atoms with E-state index in [1.807, 2.05) is 0 Å². The van der Waals surface area contributed by atoms with Crippen molar-refractivity contribution < 1.29 is 0 Å². The summed E-state index contributed by atoms with van der Waals surface area (Å²) in [4.78, 5) is 2.46. The molecule has 2 N–H and O–H groups in total. The Morgan fingerprint density at radius 3 is 1.95 bits per heavy atom. The minimum atomic E-state index is 0.107. The van der Waals surface area contributed by atoms with Gasteiger partial charge in [0.1, 0.15) is 0 Å². The van der Waals surface area contributed by atoms with E-state index < -0.39 is 0 Å². The first-order chi connectivity index (χ1) is 8.95. The quantitative estimate of drug-likeness (QED) is 0.806. The molecule has 0 aliphatic rings. The van der Waals surface area contributed by atoms with Crippen LogP contribution in [0.2, 0.25) is 0 Å². The molecule has 19 heavy (non-hydrogen) atoms. The minimum Gasteiger partial charge on any atom is -0.323 e. The van der Waals surface area contributed by atoms with Crippen LogP contribution < -0.4 is 5.73 Å². The van der Waals surface area contributed by atoms with Gasteiger partial charge in [0, 0.05) is 18.6 Å². The average molecular weight is 262 g/mol. The number of rotatable bonds is 7. The minimum absolute atomic E-state index is 0.107. The second kappa shape index (κ2) is 7.66. The maximum absolute atomic E-state index is 6.35. The van der Waals surface area contributed by atoms with Crippen LogP contribution in [0, 0.1) is 0 Å². The third kappa shape index (κ3) is 4.96. The predicted molar refractivity (Wildman–Crippen MR) is 84.5 cm³/mol. The third-order valence-corrected chi connectivity index (χ3v) is 3.70. The molecule has 0 heterocycles. The van der Waals surface area contributed by atoms with Gasteiger partial charge >= 0.3 is 0 Å². The Labute approximate surface area is 119 Å². The Morgan fingerprint density at radius 1 is 1.00 bits per heavy atom. The van der Waals surface area contributed by atoms with Crippen LogP contribution in [-0.4, -0.2) is 24.0 Å². The summed E-state index contributed by atoms with van der Waals surface area (Å²) in [5, 5.41) is 0. The van der Waals surface area contributed by atoms with Crippen molar-refractivity contribution in [1.29, 1.82) is 0 Å². The van der Waals surface area contributed by atoms with Crippen LogP contribution >= 0.6 is 0 Å². The SMILES string of the molecule is CCCN(CC(N)c1ccc(C(C)C)cc1)C(C)C. The van der Waals surface area contributed by atoms with Gasteiger partial charge in [-0.2, -0.15) is 0 Å². The summed E-state index contributed by atoms with van der Waals surface area (Å²) in [6.45, 7) is 13.2. The van der Waals surface area contributed by atoms with E-state index in [1.54, 1.807) is 0 Å². The van der Waals surface area contributed by atoms with Gasteiger partial charge < -0.3 is 5.73 Å². The Balaban J connectivity index is 2.68. The van der Waals surface area contributed by atoms with Gasteiger partial charge in [-0.05, 0) is 43.9 Å². The van der Waals surface area contributed by atoms with Crippen LogP contribution in [-0.2, 0) is 0 Å². The van der Waals surface area contributed by atoms with E-state index >= 15 is 0 Å². The van der Waals surface area contributed by atoms with Crippen molar-refractivity contribution in [3.8, 4) is 0 Å². The fourth-order valence-electron chi connectivity index (χ4n) is 2.33. The summed E-state index contributed by atoms with van der Waals surface area (Å²) in [6.07, 6.45) is 1.18. The highest BCUT2D eigenvalue weighted by Crippen LogP contribution is 2.19. The van der Waals surface area contributed by atoms with Crippen molar-refractivity contribution in [2.75, 3.05) is 13.1 Å². The highest BCUT2D eigenvalue weighted by atomic mass is 15.2. The summed E-state index contributed by atoms with van der Waals surface area (Å²) in [5.74, 6) is 0.581. The van der Waals surface area contributed by atoms with E-state index in [4.69, 9.17) is 5.73 Å². The van der Waals surface area contributed by atoms with E-state index in [2.05, 4.69) is 63.8 Å². The monoisotopic (exact) mass is 262 g/mol. The fourth-order valence-corrected chi connectivity index (χ4v) is 2.33. The zero-order chi connectivity index (χ0) is 14.4. The predicted octanol–water partition coefficient (Wildman–Crippen LogP) is 3.93. The molecule has 0 saturated heterocycles. The Kier molecular flexibility index (Phi) is 6.53. The number of hydrogen-bond acceptors (Lipinski definition) is 2. The van der Waals surface area contributed by atoms with Crippen molar-refractivity contribution >= 4 is 0 Å². The third-order valence-electron chi connectivity index (χ3n) is 3.70. The first-order valence-corrected chi connectivity index (χ1v) is 7.55. The highest BCUT2D eigenvalue weighted by Gasteiger charge is 2.14. The molecule has 0 aliphatic carbocycles. The van der Waals surface area contributed by atoms with Crippen molar-refractivity contribution in [1.82, 2.24) is 4.90 Å². The van der Waals surface area contributed by atoms with E-state index in [0.717, 1.165) is 13.1 Å². The summed E-state index contributed by atoms with van der Waals surface area (Å²) < 4.78 is 0. The maximum Gasteiger partial charge on any atom is 0.0424 e. The zero-order valence-electron chi connectivity index (χ0n) is 13.2. The normalized spacial score (nSPS) is 13.5. The molecular formula is C17H30N2. The van der Waals surface area contributed by atoms with E-state index in [0.29, 0.717) is 12.0 Å². The van der Waals surface area contributed by atoms with Crippen molar-refractivity contribution in [3.05, 3.63) is 35.4 Å². The largest absolute Gasteiger partial charge is 0.323 e.